The summed E-state index contributed by atoms with van der Waals surface area (Å²) in [7, 11) is 1.81. The summed E-state index contributed by atoms with van der Waals surface area (Å²) in [4.78, 5) is 18.6. The number of nitrogens with one attached hydrogen (secondary N) is 1. The van der Waals surface area contributed by atoms with Crippen molar-refractivity contribution in [3.8, 4) is 0 Å². The van der Waals surface area contributed by atoms with Crippen molar-refractivity contribution in [1.29, 1.82) is 0 Å². The first kappa shape index (κ1) is 14.2. The quantitative estimate of drug-likeness (QED) is 0.903. The molecule has 0 aromatic carbocycles. The van der Waals surface area contributed by atoms with E-state index in [2.05, 4.69) is 24.1 Å². The monoisotopic (exact) mass is 279 g/mol. The van der Waals surface area contributed by atoms with Gasteiger partial charge in [0.05, 0.1) is 17.4 Å². The summed E-state index contributed by atoms with van der Waals surface area (Å²) < 4.78 is 0.263. The van der Waals surface area contributed by atoms with Crippen LogP contribution in [0.1, 0.15) is 30.6 Å². The molecule has 0 aliphatic carbocycles. The van der Waals surface area contributed by atoms with E-state index in [1.807, 2.05) is 23.7 Å². The van der Waals surface area contributed by atoms with Crippen LogP contribution in [-0.2, 0) is 0 Å². The Kier molecular flexibility index (Phi) is 4.34. The molecule has 1 saturated heterocycles. The second-order valence-electron chi connectivity index (χ2n) is 5.32. The van der Waals surface area contributed by atoms with Crippen LogP contribution < -0.4 is 5.32 Å². The molecule has 1 N–H and O–H groups in total. The SMILES string of the molecule is CNc1cnccc1C(=O)N1CCSC(C)(C)CC1. The van der Waals surface area contributed by atoms with Crippen molar-refractivity contribution in [2.45, 2.75) is 25.0 Å². The highest BCUT2D eigenvalue weighted by Gasteiger charge is 2.27. The summed E-state index contributed by atoms with van der Waals surface area (Å²) in [6, 6.07) is 1.79. The number of amides is 1. The summed E-state index contributed by atoms with van der Waals surface area (Å²) in [6.45, 7) is 6.14. The zero-order valence-corrected chi connectivity index (χ0v) is 12.6. The Morgan fingerprint density at radius 1 is 1.47 bits per heavy atom. The summed E-state index contributed by atoms with van der Waals surface area (Å²) in [5.74, 6) is 1.10. The molecule has 0 atom stereocenters. The second kappa shape index (κ2) is 5.82. The number of anilines is 1. The minimum Gasteiger partial charge on any atom is -0.386 e. The van der Waals surface area contributed by atoms with Crippen LogP contribution in [0.5, 0.6) is 0 Å². The molecule has 0 radical (unpaired) electrons. The van der Waals surface area contributed by atoms with Gasteiger partial charge in [0.2, 0.25) is 0 Å². The van der Waals surface area contributed by atoms with Gasteiger partial charge in [-0.15, -0.1) is 0 Å². The largest absolute Gasteiger partial charge is 0.386 e. The van der Waals surface area contributed by atoms with Gasteiger partial charge in [-0.2, -0.15) is 11.8 Å². The first-order chi connectivity index (χ1) is 9.03. The van der Waals surface area contributed by atoms with E-state index in [1.165, 1.54) is 0 Å². The van der Waals surface area contributed by atoms with E-state index in [-0.39, 0.29) is 10.7 Å². The fourth-order valence-electron chi connectivity index (χ4n) is 2.17. The molecule has 1 aliphatic rings. The number of hydrogen-bond acceptors (Lipinski definition) is 4. The van der Waals surface area contributed by atoms with Gasteiger partial charge in [0.25, 0.3) is 5.91 Å². The van der Waals surface area contributed by atoms with Crippen LogP contribution in [0.4, 0.5) is 5.69 Å². The van der Waals surface area contributed by atoms with Crippen LogP contribution in [0.2, 0.25) is 0 Å². The molecule has 1 aliphatic heterocycles. The van der Waals surface area contributed by atoms with Crippen molar-refractivity contribution in [2.75, 3.05) is 31.2 Å². The number of thioether (sulfide) groups is 1. The average molecular weight is 279 g/mol. The highest BCUT2D eigenvalue weighted by molar-refractivity contribution is 8.00. The smallest absolute Gasteiger partial charge is 0.256 e. The van der Waals surface area contributed by atoms with Crippen LogP contribution in [0.25, 0.3) is 0 Å². The van der Waals surface area contributed by atoms with E-state index < -0.39 is 0 Å². The lowest BCUT2D eigenvalue weighted by Crippen LogP contribution is -2.34. The Morgan fingerprint density at radius 2 is 2.26 bits per heavy atom. The van der Waals surface area contributed by atoms with Crippen molar-refractivity contribution in [3.05, 3.63) is 24.0 Å². The number of hydrogen-bond donors (Lipinski definition) is 1. The van der Waals surface area contributed by atoms with Crippen molar-refractivity contribution < 1.29 is 4.79 Å². The maximum atomic E-state index is 12.6. The minimum absolute atomic E-state index is 0.102. The predicted molar refractivity (Wildman–Crippen MR) is 80.8 cm³/mol. The fourth-order valence-corrected chi connectivity index (χ4v) is 3.27. The molecule has 0 unspecified atom stereocenters. The molecule has 1 fully saturated rings. The van der Waals surface area contributed by atoms with Crippen molar-refractivity contribution in [1.82, 2.24) is 9.88 Å². The lowest BCUT2D eigenvalue weighted by molar-refractivity contribution is 0.0765. The summed E-state index contributed by atoms with van der Waals surface area (Å²) in [5.41, 5.74) is 1.51. The Hall–Kier alpha value is -1.23. The van der Waals surface area contributed by atoms with E-state index in [9.17, 15) is 4.79 Å². The lowest BCUT2D eigenvalue weighted by atomic mass is 10.1. The molecule has 0 bridgehead atoms. The molecule has 1 amide bonds. The highest BCUT2D eigenvalue weighted by Crippen LogP contribution is 2.31. The van der Waals surface area contributed by atoms with E-state index in [4.69, 9.17) is 0 Å². The first-order valence-electron chi connectivity index (χ1n) is 6.58. The van der Waals surface area contributed by atoms with Crippen molar-refractivity contribution in [3.63, 3.8) is 0 Å². The van der Waals surface area contributed by atoms with Crippen LogP contribution in [0.15, 0.2) is 18.5 Å². The van der Waals surface area contributed by atoms with Crippen LogP contribution in [-0.4, -0.2) is 46.4 Å². The molecular weight excluding hydrogens is 258 g/mol. The third-order valence-corrected chi connectivity index (χ3v) is 4.82. The molecule has 2 heterocycles. The van der Waals surface area contributed by atoms with Crippen LogP contribution >= 0.6 is 11.8 Å². The summed E-state index contributed by atoms with van der Waals surface area (Å²) in [5, 5.41) is 3.03. The normalized spacial score (nSPS) is 18.8. The third kappa shape index (κ3) is 3.41. The molecule has 0 spiro atoms. The second-order valence-corrected chi connectivity index (χ2v) is 7.12. The Morgan fingerprint density at radius 3 is 3.00 bits per heavy atom. The summed E-state index contributed by atoms with van der Waals surface area (Å²) >= 11 is 1.95. The summed E-state index contributed by atoms with van der Waals surface area (Å²) in [6.07, 6.45) is 4.40. The van der Waals surface area contributed by atoms with Crippen molar-refractivity contribution >= 4 is 23.4 Å². The molecular formula is C14H21N3OS. The number of carbonyl (C=O) groups excluding carboxylic acids is 1. The van der Waals surface area contributed by atoms with Gasteiger partial charge in [0, 0.05) is 36.8 Å². The lowest BCUT2D eigenvalue weighted by Gasteiger charge is -2.23. The zero-order valence-electron chi connectivity index (χ0n) is 11.8. The molecule has 1 aromatic heterocycles. The number of rotatable bonds is 2. The standard InChI is InChI=1S/C14H21N3OS/c1-14(2)5-7-17(8-9-19-14)13(18)11-4-6-16-10-12(11)15-3/h4,6,10,15H,5,7-9H2,1-3H3. The minimum atomic E-state index is 0.102. The average Bonchev–Trinajstić information content (AvgIpc) is 2.59. The van der Waals surface area contributed by atoms with Gasteiger partial charge in [0.15, 0.2) is 0 Å². The Bertz CT molecular complexity index is 462. The molecule has 0 saturated carbocycles. The van der Waals surface area contributed by atoms with Gasteiger partial charge in [-0.25, -0.2) is 0 Å². The highest BCUT2D eigenvalue weighted by atomic mass is 32.2. The molecule has 2 rings (SSSR count). The zero-order chi connectivity index (χ0) is 13.9. The number of pyridine rings is 1. The predicted octanol–water partition coefficient (Wildman–Crippen LogP) is 2.48. The van der Waals surface area contributed by atoms with Gasteiger partial charge in [-0.3, -0.25) is 9.78 Å². The van der Waals surface area contributed by atoms with E-state index in [1.54, 1.807) is 18.5 Å². The van der Waals surface area contributed by atoms with E-state index in [0.29, 0.717) is 5.56 Å². The molecule has 1 aromatic rings. The fraction of sp³-hybridized carbons (Fsp3) is 0.571. The molecule has 19 heavy (non-hydrogen) atoms. The van der Waals surface area contributed by atoms with Gasteiger partial charge in [0.1, 0.15) is 0 Å². The van der Waals surface area contributed by atoms with E-state index >= 15 is 0 Å². The van der Waals surface area contributed by atoms with Gasteiger partial charge >= 0.3 is 0 Å². The Balaban J connectivity index is 2.15. The maximum absolute atomic E-state index is 12.6. The third-order valence-electron chi connectivity index (χ3n) is 3.45. The maximum Gasteiger partial charge on any atom is 0.256 e. The van der Waals surface area contributed by atoms with Gasteiger partial charge < -0.3 is 10.2 Å². The van der Waals surface area contributed by atoms with Crippen molar-refractivity contribution in [2.24, 2.45) is 0 Å². The number of nitrogens with zero attached hydrogens (tertiary/aromatic N) is 2. The Labute approximate surface area is 119 Å². The van der Waals surface area contributed by atoms with Gasteiger partial charge in [-0.1, -0.05) is 13.8 Å². The van der Waals surface area contributed by atoms with Gasteiger partial charge in [-0.05, 0) is 12.5 Å². The molecule has 4 nitrogen and oxygen atoms in total. The number of carbonyl (C=O) groups is 1. The topological polar surface area (TPSA) is 45.2 Å². The van der Waals surface area contributed by atoms with Crippen LogP contribution in [0, 0.1) is 0 Å². The number of aromatic nitrogens is 1. The molecule has 104 valence electrons. The first-order valence-corrected chi connectivity index (χ1v) is 7.57. The van der Waals surface area contributed by atoms with E-state index in [0.717, 1.165) is 31.0 Å². The van der Waals surface area contributed by atoms with Crippen LogP contribution in [0.3, 0.4) is 0 Å². The molecule has 5 heteroatoms.